The lowest BCUT2D eigenvalue weighted by Gasteiger charge is -2.24. The number of benzene rings is 5. The third kappa shape index (κ3) is 5.56. The zero-order chi connectivity index (χ0) is 35.3. The van der Waals surface area contributed by atoms with Gasteiger partial charge in [-0.25, -0.2) is 0 Å². The minimum absolute atomic E-state index is 0.114. The van der Waals surface area contributed by atoms with Crippen LogP contribution in [0.3, 0.4) is 0 Å². The molecule has 0 saturated carbocycles. The zero-order valence-corrected chi connectivity index (χ0v) is 30.7. The molecule has 0 fully saturated rings. The quantitative estimate of drug-likeness (QED) is 0.168. The molecule has 0 radical (unpaired) electrons. The van der Waals surface area contributed by atoms with Gasteiger partial charge in [-0.2, -0.15) is 4.58 Å². The van der Waals surface area contributed by atoms with Crippen molar-refractivity contribution in [3.8, 4) is 5.75 Å². The molecule has 0 spiro atoms. The van der Waals surface area contributed by atoms with Gasteiger partial charge in [-0.15, -0.1) is 0 Å². The van der Waals surface area contributed by atoms with Gasteiger partial charge in [0.2, 0.25) is 5.69 Å². The molecule has 254 valence electrons. The summed E-state index contributed by atoms with van der Waals surface area (Å²) in [6.07, 6.45) is 16.6. The molecule has 1 aliphatic carbocycles. The van der Waals surface area contributed by atoms with E-state index in [1.807, 2.05) is 30.3 Å². The van der Waals surface area contributed by atoms with Gasteiger partial charge in [0.05, 0.1) is 5.41 Å². The van der Waals surface area contributed by atoms with Crippen molar-refractivity contribution in [1.82, 2.24) is 0 Å². The van der Waals surface area contributed by atoms with Gasteiger partial charge in [-0.05, 0) is 108 Å². The molecule has 0 N–H and O–H groups in total. The maximum Gasteiger partial charge on any atom is 0.210 e. The summed E-state index contributed by atoms with van der Waals surface area (Å²) < 4.78 is 9.11. The molecule has 0 amide bonds. The van der Waals surface area contributed by atoms with Crippen molar-refractivity contribution in [3.05, 3.63) is 173 Å². The fraction of sp³-hybridized carbons (Fsp3) is 0.229. The van der Waals surface area contributed by atoms with Crippen LogP contribution in [-0.4, -0.2) is 24.4 Å². The van der Waals surface area contributed by atoms with Crippen LogP contribution in [0, 0.1) is 0 Å². The van der Waals surface area contributed by atoms with E-state index in [4.69, 9.17) is 4.74 Å². The van der Waals surface area contributed by atoms with Crippen molar-refractivity contribution in [3.63, 3.8) is 0 Å². The lowest BCUT2D eigenvalue weighted by atomic mass is 9.78. The van der Waals surface area contributed by atoms with E-state index in [9.17, 15) is 0 Å². The molecule has 3 nitrogen and oxygen atoms in total. The number of nitrogens with zero attached hydrogens (tertiary/aromatic N) is 2. The minimum Gasteiger partial charge on any atom is -0.457 e. The molecule has 2 aliphatic heterocycles. The largest absolute Gasteiger partial charge is 0.457 e. The van der Waals surface area contributed by atoms with E-state index in [-0.39, 0.29) is 10.8 Å². The van der Waals surface area contributed by atoms with Crippen molar-refractivity contribution in [1.29, 1.82) is 0 Å². The second-order valence-corrected chi connectivity index (χ2v) is 15.2. The summed E-state index contributed by atoms with van der Waals surface area (Å²) in [5.41, 5.74) is 10.2. The minimum atomic E-state index is -0.140. The van der Waals surface area contributed by atoms with E-state index in [0.717, 1.165) is 30.8 Å². The van der Waals surface area contributed by atoms with E-state index < -0.39 is 0 Å². The number of hydrogen-bond acceptors (Lipinski definition) is 2. The first-order chi connectivity index (χ1) is 24.7. The van der Waals surface area contributed by atoms with Crippen molar-refractivity contribution in [2.75, 3.05) is 19.0 Å². The van der Waals surface area contributed by atoms with Crippen molar-refractivity contribution in [2.45, 2.75) is 57.8 Å². The van der Waals surface area contributed by atoms with E-state index in [1.54, 1.807) is 0 Å². The molecule has 0 aromatic heterocycles. The third-order valence-electron chi connectivity index (χ3n) is 11.3. The molecule has 5 aromatic rings. The van der Waals surface area contributed by atoms with E-state index in [1.165, 1.54) is 66.6 Å². The highest BCUT2D eigenvalue weighted by atomic mass is 16.5. The molecule has 0 atom stereocenters. The van der Waals surface area contributed by atoms with E-state index >= 15 is 0 Å². The topological polar surface area (TPSA) is 15.5 Å². The lowest BCUT2D eigenvalue weighted by molar-refractivity contribution is -0.401. The monoisotopic (exact) mass is 667 g/mol. The number of ether oxygens (including phenoxy) is 1. The van der Waals surface area contributed by atoms with Gasteiger partial charge < -0.3 is 9.64 Å². The van der Waals surface area contributed by atoms with Crippen LogP contribution in [0.2, 0.25) is 0 Å². The van der Waals surface area contributed by atoms with Crippen LogP contribution < -0.4 is 9.64 Å². The molecule has 5 aromatic carbocycles. The van der Waals surface area contributed by atoms with Crippen molar-refractivity contribution >= 4 is 38.6 Å². The normalized spacial score (nSPS) is 19.8. The Balaban J connectivity index is 1.13. The average molecular weight is 668 g/mol. The Kier molecular flexibility index (Phi) is 8.18. The highest BCUT2D eigenvalue weighted by Gasteiger charge is 2.44. The van der Waals surface area contributed by atoms with Crippen LogP contribution >= 0.6 is 0 Å². The smallest absolute Gasteiger partial charge is 0.210 e. The Morgan fingerprint density at radius 3 is 2.06 bits per heavy atom. The molecule has 3 aliphatic rings. The molecule has 51 heavy (non-hydrogen) atoms. The number of fused-ring (bicyclic) bond motifs is 6. The van der Waals surface area contributed by atoms with Crippen LogP contribution in [0.5, 0.6) is 5.75 Å². The van der Waals surface area contributed by atoms with Crippen LogP contribution in [0.1, 0.15) is 58.1 Å². The molecule has 0 unspecified atom stereocenters. The Morgan fingerprint density at radius 2 is 1.31 bits per heavy atom. The first-order valence-corrected chi connectivity index (χ1v) is 18.3. The second-order valence-electron chi connectivity index (χ2n) is 15.2. The molecule has 8 rings (SSSR count). The molecular weight excluding hydrogens is 621 g/mol. The summed E-state index contributed by atoms with van der Waals surface area (Å²) in [4.78, 5) is 2.35. The Labute approximate surface area is 302 Å². The Morgan fingerprint density at radius 1 is 0.667 bits per heavy atom. The van der Waals surface area contributed by atoms with Gasteiger partial charge in [0.25, 0.3) is 0 Å². The number of anilines is 1. The summed E-state index contributed by atoms with van der Waals surface area (Å²) >= 11 is 0. The van der Waals surface area contributed by atoms with Gasteiger partial charge >= 0.3 is 0 Å². The summed E-state index contributed by atoms with van der Waals surface area (Å²) in [6.45, 7) is 9.39. The van der Waals surface area contributed by atoms with Gasteiger partial charge in [-0.1, -0.05) is 105 Å². The maximum atomic E-state index is 6.74. The van der Waals surface area contributed by atoms with Gasteiger partial charge in [0, 0.05) is 41.6 Å². The number of hydrogen-bond donors (Lipinski definition) is 0. The van der Waals surface area contributed by atoms with Crippen LogP contribution in [0.4, 0.5) is 11.4 Å². The van der Waals surface area contributed by atoms with Crippen LogP contribution in [0.25, 0.3) is 21.5 Å². The Hall–Kier alpha value is -5.41. The molecule has 0 saturated heterocycles. The Bertz CT molecular complexity index is 2380. The predicted octanol–water partition coefficient (Wildman–Crippen LogP) is 11.9. The lowest BCUT2D eigenvalue weighted by Crippen LogP contribution is -2.27. The van der Waals surface area contributed by atoms with Crippen molar-refractivity contribution < 1.29 is 9.31 Å². The predicted molar refractivity (Wildman–Crippen MR) is 216 cm³/mol. The first kappa shape index (κ1) is 32.8. The fourth-order valence-electron chi connectivity index (χ4n) is 8.84. The second kappa shape index (κ2) is 12.7. The molecular formula is C48H47N2O+. The number of para-hydroxylation sites is 1. The zero-order valence-electron chi connectivity index (χ0n) is 30.7. The number of likely N-dealkylation sites (N-methyl/N-ethyl adjacent to an activating group) is 1. The third-order valence-corrected chi connectivity index (χ3v) is 11.3. The summed E-state index contributed by atoms with van der Waals surface area (Å²) in [5.74, 6) is 1.83. The van der Waals surface area contributed by atoms with Crippen molar-refractivity contribution in [2.24, 2.45) is 0 Å². The van der Waals surface area contributed by atoms with Gasteiger partial charge in [0.1, 0.15) is 18.6 Å². The highest BCUT2D eigenvalue weighted by molar-refractivity contribution is 6.07. The maximum absolute atomic E-state index is 6.74. The molecule has 3 heteroatoms. The summed E-state index contributed by atoms with van der Waals surface area (Å²) in [7, 11) is 4.39. The number of rotatable bonds is 6. The average Bonchev–Trinajstić information content (AvgIpc) is 3.46. The highest BCUT2D eigenvalue weighted by Crippen LogP contribution is 2.50. The standard InChI is InChI=1S/C48H47N2O/c1-47(2)42(49(5)40-30-27-33-17-10-13-24-38(33)44(40)47)26-15-12-19-35-20-16-21-36(46(35)51-37-22-8-7-9-23-37)29-32-43-48(3,4)45-39-25-14-11-18-34(39)28-31-41(45)50(43)6/h7-15,17-19,22-32H,16,20-21H2,1-6H3/q+1. The SMILES string of the molecule is CN1/C(=C/C=C/C=C2\CCCC(/C=C/C3=[N+](C)c4ccc5ccccc5c4C3(C)C)=C2Oc2ccccc2)C(C)(C)c2c1ccc1ccccc21. The van der Waals surface area contributed by atoms with Gasteiger partial charge in [0.15, 0.2) is 5.71 Å². The molecule has 2 heterocycles. The summed E-state index contributed by atoms with van der Waals surface area (Å²) in [5, 5.41) is 5.24. The summed E-state index contributed by atoms with van der Waals surface area (Å²) in [6, 6.07) is 36.7. The van der Waals surface area contributed by atoms with Gasteiger partial charge in [-0.3, -0.25) is 0 Å². The first-order valence-electron chi connectivity index (χ1n) is 18.3. The molecule has 0 bridgehead atoms. The van der Waals surface area contributed by atoms with E-state index in [0.29, 0.717) is 0 Å². The van der Waals surface area contributed by atoms with Crippen LogP contribution in [-0.2, 0) is 10.8 Å². The fourth-order valence-corrected chi connectivity index (χ4v) is 8.84. The van der Waals surface area contributed by atoms with Crippen LogP contribution in [0.15, 0.2) is 162 Å². The van der Waals surface area contributed by atoms with E-state index in [2.05, 4.69) is 161 Å². The number of allylic oxidation sites excluding steroid dienone is 9.